The van der Waals surface area contributed by atoms with Crippen LogP contribution in [0.5, 0.6) is 0 Å². The molecule has 3 nitrogen and oxygen atoms in total. The monoisotopic (exact) mass is 459 g/mol. The lowest BCUT2D eigenvalue weighted by atomic mass is 10.1. The second-order valence-electron chi connectivity index (χ2n) is 6.87. The summed E-state index contributed by atoms with van der Waals surface area (Å²) in [6.45, 7) is 6.37. The highest BCUT2D eigenvalue weighted by molar-refractivity contribution is 8.01. The average molecular weight is 460 g/mol. The van der Waals surface area contributed by atoms with E-state index < -0.39 is 0 Å². The van der Waals surface area contributed by atoms with Crippen LogP contribution in [0, 0.1) is 6.92 Å². The summed E-state index contributed by atoms with van der Waals surface area (Å²) in [5.41, 5.74) is 5.10. The maximum absolute atomic E-state index is 6.26. The zero-order chi connectivity index (χ0) is 20.5. The Bertz CT molecular complexity index is 1150. The summed E-state index contributed by atoms with van der Waals surface area (Å²) in [5, 5.41) is 7.06. The fraction of sp³-hybridized carbons (Fsp3) is 0.182. The zero-order valence-corrected chi connectivity index (χ0v) is 19.3. The molecule has 2 aromatic carbocycles. The molecule has 2 heterocycles. The van der Waals surface area contributed by atoms with Gasteiger partial charge in [-0.1, -0.05) is 84.8 Å². The molecule has 0 fully saturated rings. The Morgan fingerprint density at radius 2 is 1.76 bits per heavy atom. The van der Waals surface area contributed by atoms with Crippen LogP contribution >= 0.6 is 46.3 Å². The molecule has 4 aromatic rings. The number of aryl methyl sites for hydroxylation is 1. The Labute approximate surface area is 188 Å². The molecule has 0 bridgehead atoms. The summed E-state index contributed by atoms with van der Waals surface area (Å²) in [6.07, 6.45) is 2.05. The van der Waals surface area contributed by atoms with Crippen molar-refractivity contribution >= 4 is 46.3 Å². The van der Waals surface area contributed by atoms with Crippen molar-refractivity contribution < 1.29 is 0 Å². The van der Waals surface area contributed by atoms with Crippen molar-refractivity contribution in [1.82, 2.24) is 14.8 Å². The molecule has 0 saturated carbocycles. The minimum Gasteiger partial charge on any atom is -0.217 e. The molecule has 0 N–H and O–H groups in total. The Balaban J connectivity index is 1.79. The highest BCUT2D eigenvalue weighted by Gasteiger charge is 2.18. The molecule has 29 heavy (non-hydrogen) atoms. The van der Waals surface area contributed by atoms with Crippen LogP contribution in [0.25, 0.3) is 27.5 Å². The third-order valence-corrected chi connectivity index (χ3v) is 7.30. The molecule has 0 saturated heterocycles. The number of hydrogen-bond donors (Lipinski definition) is 0. The van der Waals surface area contributed by atoms with Crippen molar-refractivity contribution in [3.8, 4) is 27.5 Å². The Morgan fingerprint density at radius 3 is 2.45 bits per heavy atom. The van der Waals surface area contributed by atoms with Gasteiger partial charge in [0.2, 0.25) is 5.13 Å². The molecule has 0 amide bonds. The van der Waals surface area contributed by atoms with E-state index in [0.29, 0.717) is 15.3 Å². The van der Waals surface area contributed by atoms with Crippen LogP contribution in [0.3, 0.4) is 0 Å². The van der Waals surface area contributed by atoms with Crippen LogP contribution in [-0.4, -0.2) is 20.0 Å². The van der Waals surface area contributed by atoms with Gasteiger partial charge < -0.3 is 0 Å². The summed E-state index contributed by atoms with van der Waals surface area (Å²) in [5.74, 6) is 0. The predicted octanol–water partition coefficient (Wildman–Crippen LogP) is 7.78. The van der Waals surface area contributed by atoms with Gasteiger partial charge in [0.15, 0.2) is 0 Å². The molecular weight excluding hydrogens is 441 g/mol. The van der Waals surface area contributed by atoms with E-state index in [1.807, 2.05) is 54.2 Å². The lowest BCUT2D eigenvalue weighted by molar-refractivity contribution is 0.853. The second-order valence-corrected chi connectivity index (χ2v) is 10.5. The van der Waals surface area contributed by atoms with Gasteiger partial charge >= 0.3 is 0 Å². The lowest BCUT2D eigenvalue weighted by Crippen LogP contribution is -1.94. The number of benzene rings is 2. The highest BCUT2D eigenvalue weighted by Crippen LogP contribution is 2.41. The molecule has 0 aliphatic rings. The number of nitrogens with zero attached hydrogens (tertiary/aromatic N) is 3. The van der Waals surface area contributed by atoms with Crippen LogP contribution in [0.2, 0.25) is 10.0 Å². The van der Waals surface area contributed by atoms with Gasteiger partial charge in [0.1, 0.15) is 0 Å². The van der Waals surface area contributed by atoms with E-state index in [0.717, 1.165) is 37.4 Å². The molecule has 7 heteroatoms. The molecule has 148 valence electrons. The SMILES string of the molecule is Cc1nn(-c2nc(-c3ccc(Cl)c(Cl)c3)c(SC(C)C)s2)cc1-c1ccccc1. The highest BCUT2D eigenvalue weighted by atomic mass is 35.5. The first kappa shape index (κ1) is 20.5. The molecule has 2 aromatic heterocycles. The van der Waals surface area contributed by atoms with Gasteiger partial charge in [0.05, 0.1) is 25.6 Å². The summed E-state index contributed by atoms with van der Waals surface area (Å²) in [7, 11) is 0. The van der Waals surface area contributed by atoms with E-state index in [-0.39, 0.29) is 0 Å². The van der Waals surface area contributed by atoms with Crippen molar-refractivity contribution in [2.24, 2.45) is 0 Å². The maximum Gasteiger partial charge on any atom is 0.211 e. The molecule has 4 rings (SSSR count). The topological polar surface area (TPSA) is 30.7 Å². The van der Waals surface area contributed by atoms with Crippen molar-refractivity contribution in [3.63, 3.8) is 0 Å². The normalized spacial score (nSPS) is 11.4. The number of rotatable bonds is 5. The smallest absolute Gasteiger partial charge is 0.211 e. The third kappa shape index (κ3) is 4.38. The molecule has 0 aliphatic carbocycles. The number of thiazole rings is 1. The van der Waals surface area contributed by atoms with E-state index in [4.69, 9.17) is 33.3 Å². The van der Waals surface area contributed by atoms with E-state index in [1.165, 1.54) is 0 Å². The van der Waals surface area contributed by atoms with Crippen LogP contribution in [0.15, 0.2) is 58.9 Å². The molecular formula is C22H19Cl2N3S2. The molecule has 0 spiro atoms. The molecule has 0 atom stereocenters. The van der Waals surface area contributed by atoms with E-state index in [1.54, 1.807) is 23.1 Å². The predicted molar refractivity (Wildman–Crippen MR) is 126 cm³/mol. The first-order valence-electron chi connectivity index (χ1n) is 9.17. The van der Waals surface area contributed by atoms with E-state index >= 15 is 0 Å². The Kier molecular flexibility index (Phi) is 6.02. The number of halogens is 2. The quantitative estimate of drug-likeness (QED) is 0.285. The summed E-state index contributed by atoms with van der Waals surface area (Å²) >= 11 is 15.8. The van der Waals surface area contributed by atoms with Crippen molar-refractivity contribution in [1.29, 1.82) is 0 Å². The lowest BCUT2D eigenvalue weighted by Gasteiger charge is -2.05. The molecule has 0 unspecified atom stereocenters. The van der Waals surface area contributed by atoms with E-state index in [9.17, 15) is 0 Å². The van der Waals surface area contributed by atoms with Crippen LogP contribution in [-0.2, 0) is 0 Å². The first-order valence-corrected chi connectivity index (χ1v) is 11.6. The van der Waals surface area contributed by atoms with Gasteiger partial charge in [-0.25, -0.2) is 9.67 Å². The standard InChI is InChI=1S/C22H19Cl2N3S2/c1-13(2)28-21-20(16-9-10-18(23)19(24)11-16)25-22(29-21)27-12-17(14(3)26-27)15-7-5-4-6-8-15/h4-13H,1-3H3. The summed E-state index contributed by atoms with van der Waals surface area (Å²) in [6, 6.07) is 15.9. The summed E-state index contributed by atoms with van der Waals surface area (Å²) in [4.78, 5) is 4.92. The number of hydrogen-bond acceptors (Lipinski definition) is 4. The third-order valence-electron chi connectivity index (χ3n) is 4.30. The first-order chi connectivity index (χ1) is 13.9. The van der Waals surface area contributed by atoms with E-state index in [2.05, 4.69) is 26.0 Å². The van der Waals surface area contributed by atoms with Gasteiger partial charge in [-0.05, 0) is 24.6 Å². The summed E-state index contributed by atoms with van der Waals surface area (Å²) < 4.78 is 3.01. The van der Waals surface area contributed by atoms with Gasteiger partial charge in [0.25, 0.3) is 0 Å². The fourth-order valence-electron chi connectivity index (χ4n) is 2.97. The number of thioether (sulfide) groups is 1. The minimum absolute atomic E-state index is 0.434. The van der Waals surface area contributed by atoms with Gasteiger partial charge in [-0.2, -0.15) is 5.10 Å². The Hall–Kier alpha value is -1.79. The average Bonchev–Trinajstić information content (AvgIpc) is 3.28. The zero-order valence-electron chi connectivity index (χ0n) is 16.2. The second kappa shape index (κ2) is 8.52. The van der Waals surface area contributed by atoms with Crippen LogP contribution in [0.1, 0.15) is 19.5 Å². The van der Waals surface area contributed by atoms with Crippen molar-refractivity contribution in [3.05, 3.63) is 70.5 Å². The minimum atomic E-state index is 0.434. The maximum atomic E-state index is 6.26. The van der Waals surface area contributed by atoms with Crippen LogP contribution in [0.4, 0.5) is 0 Å². The fourth-order valence-corrected chi connectivity index (χ4v) is 5.72. The molecule has 0 aliphatic heterocycles. The van der Waals surface area contributed by atoms with Crippen molar-refractivity contribution in [2.75, 3.05) is 0 Å². The van der Waals surface area contributed by atoms with Crippen molar-refractivity contribution in [2.45, 2.75) is 30.2 Å². The Morgan fingerprint density at radius 1 is 1.00 bits per heavy atom. The molecule has 0 radical (unpaired) electrons. The largest absolute Gasteiger partial charge is 0.217 e. The van der Waals surface area contributed by atoms with Gasteiger partial charge in [0, 0.05) is 22.6 Å². The van der Waals surface area contributed by atoms with Crippen LogP contribution < -0.4 is 0 Å². The van der Waals surface area contributed by atoms with Gasteiger partial charge in [-0.15, -0.1) is 11.8 Å². The van der Waals surface area contributed by atoms with Gasteiger partial charge in [-0.3, -0.25) is 0 Å². The number of aromatic nitrogens is 3.